The Morgan fingerprint density at radius 3 is 2.53 bits per heavy atom. The number of hydrogen-bond donors (Lipinski definition) is 0. The number of likely N-dealkylation sites (N-methyl/N-ethyl adjacent to an activating group) is 1. The number of morpholine rings is 1. The maximum atomic E-state index is 13.1. The molecule has 0 radical (unpaired) electrons. The first-order chi connectivity index (χ1) is 14.3. The molecular weight excluding hydrogens is 404 g/mol. The highest BCUT2D eigenvalue weighted by atomic mass is 32.2. The molecule has 7 nitrogen and oxygen atoms in total. The number of carbonyl (C=O) groups excluding carboxylic acids is 1. The van der Waals surface area contributed by atoms with Crippen molar-refractivity contribution in [2.45, 2.75) is 25.2 Å². The van der Waals surface area contributed by atoms with Crippen LogP contribution in [-0.2, 0) is 26.0 Å². The quantitative estimate of drug-likeness (QED) is 0.701. The third kappa shape index (κ3) is 4.50. The highest BCUT2D eigenvalue weighted by Gasteiger charge is 2.29. The molecule has 0 unspecified atom stereocenters. The second-order valence-corrected chi connectivity index (χ2v) is 9.26. The van der Waals surface area contributed by atoms with Gasteiger partial charge in [-0.1, -0.05) is 18.2 Å². The molecule has 0 saturated carbocycles. The lowest BCUT2D eigenvalue weighted by atomic mass is 10.1. The van der Waals surface area contributed by atoms with Gasteiger partial charge in [-0.2, -0.15) is 4.31 Å². The third-order valence-corrected chi connectivity index (χ3v) is 7.40. The molecule has 0 aromatic heterocycles. The van der Waals surface area contributed by atoms with Crippen molar-refractivity contribution in [2.24, 2.45) is 0 Å². The number of methoxy groups -OCH3 is 1. The lowest BCUT2D eigenvalue weighted by Crippen LogP contribution is -2.40. The van der Waals surface area contributed by atoms with Crippen LogP contribution in [0.3, 0.4) is 0 Å². The SMILES string of the molecule is COc1ccc(CC(=O)N(C)c2cccc(C)c2C)cc1S(=O)(=O)N1CCOCC1. The summed E-state index contributed by atoms with van der Waals surface area (Å²) in [5.41, 5.74) is 3.61. The Morgan fingerprint density at radius 2 is 1.87 bits per heavy atom. The summed E-state index contributed by atoms with van der Waals surface area (Å²) in [7, 11) is -0.572. The minimum atomic E-state index is -3.74. The molecule has 1 aliphatic heterocycles. The fourth-order valence-electron chi connectivity index (χ4n) is 3.49. The van der Waals surface area contributed by atoms with Crippen LogP contribution in [0.1, 0.15) is 16.7 Å². The van der Waals surface area contributed by atoms with Crippen molar-refractivity contribution in [1.29, 1.82) is 0 Å². The zero-order chi connectivity index (χ0) is 21.9. The van der Waals surface area contributed by atoms with Gasteiger partial charge in [0.1, 0.15) is 10.6 Å². The number of hydrogen-bond acceptors (Lipinski definition) is 5. The van der Waals surface area contributed by atoms with E-state index in [1.165, 1.54) is 11.4 Å². The van der Waals surface area contributed by atoms with Gasteiger partial charge in [-0.05, 0) is 48.7 Å². The lowest BCUT2D eigenvalue weighted by Gasteiger charge is -2.27. The normalized spacial score (nSPS) is 15.1. The summed E-state index contributed by atoms with van der Waals surface area (Å²) < 4.78 is 38.2. The van der Waals surface area contributed by atoms with Crippen molar-refractivity contribution in [2.75, 3.05) is 45.4 Å². The van der Waals surface area contributed by atoms with E-state index in [0.717, 1.165) is 16.8 Å². The van der Waals surface area contributed by atoms with Crippen LogP contribution in [0.5, 0.6) is 5.75 Å². The van der Waals surface area contributed by atoms with Crippen LogP contribution in [0.2, 0.25) is 0 Å². The fraction of sp³-hybridized carbons (Fsp3) is 0.409. The van der Waals surface area contributed by atoms with E-state index in [4.69, 9.17) is 9.47 Å². The number of anilines is 1. The summed E-state index contributed by atoms with van der Waals surface area (Å²) in [4.78, 5) is 14.6. The van der Waals surface area contributed by atoms with Gasteiger partial charge in [-0.25, -0.2) is 8.42 Å². The van der Waals surface area contributed by atoms with E-state index in [-0.39, 0.29) is 23.0 Å². The molecule has 0 atom stereocenters. The number of aryl methyl sites for hydroxylation is 1. The monoisotopic (exact) mass is 432 g/mol. The van der Waals surface area contributed by atoms with Gasteiger partial charge in [-0.3, -0.25) is 4.79 Å². The summed E-state index contributed by atoms with van der Waals surface area (Å²) >= 11 is 0. The van der Waals surface area contributed by atoms with Gasteiger partial charge < -0.3 is 14.4 Å². The topological polar surface area (TPSA) is 76.2 Å². The number of nitrogens with zero attached hydrogens (tertiary/aromatic N) is 2. The molecule has 3 rings (SSSR count). The Morgan fingerprint density at radius 1 is 1.17 bits per heavy atom. The van der Waals surface area contributed by atoms with Crippen LogP contribution >= 0.6 is 0 Å². The maximum absolute atomic E-state index is 13.1. The molecule has 2 aromatic carbocycles. The second kappa shape index (κ2) is 9.16. The lowest BCUT2D eigenvalue weighted by molar-refractivity contribution is -0.117. The largest absolute Gasteiger partial charge is 0.495 e. The van der Waals surface area contributed by atoms with Crippen molar-refractivity contribution in [3.05, 3.63) is 53.1 Å². The molecule has 1 aliphatic rings. The zero-order valence-electron chi connectivity index (χ0n) is 17.8. The fourth-order valence-corrected chi connectivity index (χ4v) is 5.10. The molecule has 8 heteroatoms. The van der Waals surface area contributed by atoms with Gasteiger partial charge >= 0.3 is 0 Å². The van der Waals surface area contributed by atoms with E-state index >= 15 is 0 Å². The highest BCUT2D eigenvalue weighted by molar-refractivity contribution is 7.89. The predicted molar refractivity (Wildman–Crippen MR) is 116 cm³/mol. The first-order valence-corrected chi connectivity index (χ1v) is 11.3. The zero-order valence-corrected chi connectivity index (χ0v) is 18.7. The minimum Gasteiger partial charge on any atom is -0.495 e. The average molecular weight is 433 g/mol. The van der Waals surface area contributed by atoms with E-state index < -0.39 is 10.0 Å². The van der Waals surface area contributed by atoms with Crippen LogP contribution in [-0.4, -0.2) is 59.1 Å². The van der Waals surface area contributed by atoms with Gasteiger partial charge in [0.15, 0.2) is 0 Å². The van der Waals surface area contributed by atoms with Crippen molar-refractivity contribution in [3.8, 4) is 5.75 Å². The summed E-state index contributed by atoms with van der Waals surface area (Å²) in [5, 5.41) is 0. The Balaban J connectivity index is 1.87. The number of sulfonamides is 1. The Labute approximate surface area is 178 Å². The Bertz CT molecular complexity index is 1030. The maximum Gasteiger partial charge on any atom is 0.246 e. The standard InChI is InChI=1S/C22H28N2O5S/c1-16-6-5-7-19(17(16)2)23(3)22(25)15-18-8-9-20(28-4)21(14-18)30(26,27)24-10-12-29-13-11-24/h5-9,14H,10-13,15H2,1-4H3. The molecule has 1 saturated heterocycles. The smallest absolute Gasteiger partial charge is 0.246 e. The van der Waals surface area contributed by atoms with Gasteiger partial charge in [0.25, 0.3) is 0 Å². The molecule has 1 fully saturated rings. The van der Waals surface area contributed by atoms with Gasteiger partial charge in [0, 0.05) is 25.8 Å². The summed E-state index contributed by atoms with van der Waals surface area (Å²) in [6.45, 7) is 5.30. The van der Waals surface area contributed by atoms with E-state index in [0.29, 0.717) is 31.9 Å². The molecule has 162 valence electrons. The molecule has 1 amide bonds. The van der Waals surface area contributed by atoms with Gasteiger partial charge in [0.05, 0.1) is 26.7 Å². The minimum absolute atomic E-state index is 0.0755. The number of amides is 1. The molecule has 30 heavy (non-hydrogen) atoms. The highest BCUT2D eigenvalue weighted by Crippen LogP contribution is 2.29. The number of rotatable bonds is 6. The second-order valence-electron chi connectivity index (χ2n) is 7.35. The first-order valence-electron chi connectivity index (χ1n) is 9.83. The molecular formula is C22H28N2O5S. The number of benzene rings is 2. The van der Waals surface area contributed by atoms with Gasteiger partial charge in [0.2, 0.25) is 15.9 Å². The Kier molecular flexibility index (Phi) is 6.80. The molecule has 2 aromatic rings. The Hall–Kier alpha value is -2.42. The summed E-state index contributed by atoms with van der Waals surface area (Å²) in [6, 6.07) is 10.7. The molecule has 1 heterocycles. The third-order valence-electron chi connectivity index (χ3n) is 5.48. The van der Waals surface area contributed by atoms with Crippen LogP contribution in [0.25, 0.3) is 0 Å². The van der Waals surface area contributed by atoms with E-state index in [1.54, 1.807) is 30.1 Å². The van der Waals surface area contributed by atoms with Crippen molar-refractivity contribution in [3.63, 3.8) is 0 Å². The van der Waals surface area contributed by atoms with Crippen molar-refractivity contribution in [1.82, 2.24) is 4.31 Å². The van der Waals surface area contributed by atoms with Crippen LogP contribution in [0.4, 0.5) is 5.69 Å². The molecule has 0 aliphatic carbocycles. The van der Waals surface area contributed by atoms with E-state index in [9.17, 15) is 13.2 Å². The predicted octanol–water partition coefficient (Wildman–Crippen LogP) is 2.54. The van der Waals surface area contributed by atoms with E-state index in [1.807, 2.05) is 32.0 Å². The first kappa shape index (κ1) is 22.3. The number of carbonyl (C=O) groups is 1. The summed E-state index contributed by atoms with van der Waals surface area (Å²) in [5.74, 6) is 0.143. The molecule has 0 bridgehead atoms. The van der Waals surface area contributed by atoms with Gasteiger partial charge in [-0.15, -0.1) is 0 Å². The average Bonchev–Trinajstić information content (AvgIpc) is 2.75. The van der Waals surface area contributed by atoms with Crippen molar-refractivity contribution >= 4 is 21.6 Å². The van der Waals surface area contributed by atoms with E-state index in [2.05, 4.69) is 0 Å². The molecule has 0 N–H and O–H groups in total. The molecule has 0 spiro atoms. The number of ether oxygens (including phenoxy) is 2. The van der Waals surface area contributed by atoms with Crippen molar-refractivity contribution < 1.29 is 22.7 Å². The van der Waals surface area contributed by atoms with Crippen LogP contribution < -0.4 is 9.64 Å². The van der Waals surface area contributed by atoms with Crippen LogP contribution in [0, 0.1) is 13.8 Å². The summed E-state index contributed by atoms with van der Waals surface area (Å²) in [6.07, 6.45) is 0.0828. The van der Waals surface area contributed by atoms with Crippen LogP contribution in [0.15, 0.2) is 41.3 Å².